The molecule has 5 atom stereocenters. The molecule has 1 aromatic rings. The van der Waals surface area contributed by atoms with E-state index in [9.17, 15) is 14.4 Å². The lowest BCUT2D eigenvalue weighted by atomic mass is 9.91. The summed E-state index contributed by atoms with van der Waals surface area (Å²) in [6, 6.07) is 7.61. The van der Waals surface area contributed by atoms with Crippen molar-refractivity contribution in [1.82, 2.24) is 4.90 Å². The van der Waals surface area contributed by atoms with E-state index < -0.39 is 48.3 Å². The third-order valence-electron chi connectivity index (χ3n) is 4.90. The van der Waals surface area contributed by atoms with Crippen LogP contribution in [0.3, 0.4) is 0 Å². The van der Waals surface area contributed by atoms with Crippen molar-refractivity contribution in [2.24, 2.45) is 5.73 Å². The van der Waals surface area contributed by atoms with Crippen LogP contribution in [0.1, 0.15) is 30.6 Å². The Morgan fingerprint density at radius 3 is 2.30 bits per heavy atom. The highest BCUT2D eigenvalue weighted by atomic mass is 16.6. The van der Waals surface area contributed by atoms with Crippen LogP contribution in [0.4, 0.5) is 0 Å². The summed E-state index contributed by atoms with van der Waals surface area (Å²) >= 11 is 0. The van der Waals surface area contributed by atoms with E-state index in [2.05, 4.69) is 0 Å². The molecule has 3 rings (SSSR count). The van der Waals surface area contributed by atoms with Crippen molar-refractivity contribution < 1.29 is 28.6 Å². The fourth-order valence-electron chi connectivity index (χ4n) is 3.88. The first-order valence-electron chi connectivity index (χ1n) is 8.97. The van der Waals surface area contributed by atoms with Crippen LogP contribution in [-0.4, -0.2) is 66.3 Å². The van der Waals surface area contributed by atoms with Gasteiger partial charge in [-0.25, -0.2) is 4.79 Å². The quantitative estimate of drug-likeness (QED) is 0.597. The van der Waals surface area contributed by atoms with E-state index >= 15 is 0 Å². The third-order valence-corrected chi connectivity index (χ3v) is 4.90. The number of hydrogen-bond acceptors (Lipinski definition) is 8. The van der Waals surface area contributed by atoms with E-state index in [1.807, 2.05) is 4.90 Å². The highest BCUT2D eigenvalue weighted by Crippen LogP contribution is 2.33. The number of rotatable bonds is 4. The van der Waals surface area contributed by atoms with Crippen LogP contribution in [0.5, 0.6) is 0 Å². The molecule has 0 aromatic heterocycles. The minimum atomic E-state index is -0.834. The van der Waals surface area contributed by atoms with Crippen LogP contribution in [-0.2, 0) is 23.8 Å². The molecular formula is C19H24N2O6. The number of fused-ring (bicyclic) bond motifs is 1. The van der Waals surface area contributed by atoms with Gasteiger partial charge in [-0.15, -0.1) is 0 Å². The van der Waals surface area contributed by atoms with E-state index in [0.717, 1.165) is 0 Å². The Kier molecular flexibility index (Phi) is 5.76. The summed E-state index contributed by atoms with van der Waals surface area (Å²) in [7, 11) is 0. The summed E-state index contributed by atoms with van der Waals surface area (Å²) < 4.78 is 16.6. The first-order chi connectivity index (χ1) is 12.9. The number of benzene rings is 1. The maximum absolute atomic E-state index is 12.5. The summed E-state index contributed by atoms with van der Waals surface area (Å²) in [5, 5.41) is 0. The summed E-state index contributed by atoms with van der Waals surface area (Å²) in [5.74, 6) is -1.46. The van der Waals surface area contributed by atoms with Gasteiger partial charge < -0.3 is 19.9 Å². The number of piperidine rings is 1. The second-order valence-corrected chi connectivity index (χ2v) is 6.90. The molecule has 0 spiro atoms. The summed E-state index contributed by atoms with van der Waals surface area (Å²) in [5.41, 5.74) is 6.64. The lowest BCUT2D eigenvalue weighted by molar-refractivity contribution is -0.173. The van der Waals surface area contributed by atoms with E-state index in [1.54, 1.807) is 30.3 Å². The number of ether oxygens (including phenoxy) is 3. The molecule has 0 bridgehead atoms. The molecule has 146 valence electrons. The Labute approximate surface area is 157 Å². The number of esters is 3. The van der Waals surface area contributed by atoms with Gasteiger partial charge in [0.2, 0.25) is 0 Å². The number of nitrogens with two attached hydrogens (primary N) is 1. The summed E-state index contributed by atoms with van der Waals surface area (Å²) in [6.45, 7) is 3.74. The lowest BCUT2D eigenvalue weighted by Crippen LogP contribution is -2.66. The Balaban J connectivity index is 1.85. The molecule has 2 aliphatic rings. The fourth-order valence-corrected chi connectivity index (χ4v) is 3.88. The van der Waals surface area contributed by atoms with E-state index in [1.165, 1.54) is 13.8 Å². The summed E-state index contributed by atoms with van der Waals surface area (Å²) in [4.78, 5) is 37.7. The molecular weight excluding hydrogens is 352 g/mol. The van der Waals surface area contributed by atoms with Crippen LogP contribution in [0.15, 0.2) is 30.3 Å². The molecule has 0 saturated carbocycles. The van der Waals surface area contributed by atoms with Crippen LogP contribution in [0, 0.1) is 0 Å². The normalized spacial score (nSPS) is 30.3. The standard InChI is InChI=1S/C19H24N2O6/c1-11(22)25-15-8-9-21-10-14(20)17(18(16(15)21)26-12(2)23)27-19(24)13-6-4-3-5-7-13/h3-7,14-18H,8-10,20H2,1-2H3/t14-,15?,16?,17+,18+/m0/s1. The van der Waals surface area contributed by atoms with E-state index in [0.29, 0.717) is 25.1 Å². The van der Waals surface area contributed by atoms with Crippen LogP contribution in [0.25, 0.3) is 0 Å². The van der Waals surface area contributed by atoms with Crippen molar-refractivity contribution >= 4 is 17.9 Å². The highest BCUT2D eigenvalue weighted by Gasteiger charge is 2.53. The fraction of sp³-hybridized carbons (Fsp3) is 0.526. The van der Waals surface area contributed by atoms with Crippen LogP contribution < -0.4 is 5.73 Å². The average molecular weight is 376 g/mol. The minimum absolute atomic E-state index is 0.386. The van der Waals surface area contributed by atoms with Crippen molar-refractivity contribution in [3.8, 4) is 0 Å². The Hall–Kier alpha value is -2.45. The van der Waals surface area contributed by atoms with Crippen molar-refractivity contribution in [2.75, 3.05) is 13.1 Å². The van der Waals surface area contributed by atoms with E-state index in [-0.39, 0.29) is 0 Å². The van der Waals surface area contributed by atoms with Gasteiger partial charge in [0.1, 0.15) is 6.10 Å². The van der Waals surface area contributed by atoms with Crippen LogP contribution >= 0.6 is 0 Å². The molecule has 2 fully saturated rings. The molecule has 2 saturated heterocycles. The van der Waals surface area contributed by atoms with Gasteiger partial charge in [-0.3, -0.25) is 14.5 Å². The Morgan fingerprint density at radius 1 is 1.00 bits per heavy atom. The number of carbonyl (C=O) groups is 3. The first-order valence-corrected chi connectivity index (χ1v) is 8.97. The van der Waals surface area contributed by atoms with Crippen molar-refractivity contribution in [2.45, 2.75) is 50.7 Å². The molecule has 2 aliphatic heterocycles. The van der Waals surface area contributed by atoms with Gasteiger partial charge in [-0.05, 0) is 18.6 Å². The lowest BCUT2D eigenvalue weighted by Gasteiger charge is -2.44. The van der Waals surface area contributed by atoms with E-state index in [4.69, 9.17) is 19.9 Å². The smallest absolute Gasteiger partial charge is 0.338 e. The Morgan fingerprint density at radius 2 is 1.67 bits per heavy atom. The van der Waals surface area contributed by atoms with Gasteiger partial charge in [-0.1, -0.05) is 18.2 Å². The zero-order chi connectivity index (χ0) is 19.6. The molecule has 8 heteroatoms. The predicted molar refractivity (Wildman–Crippen MR) is 94.7 cm³/mol. The highest BCUT2D eigenvalue weighted by molar-refractivity contribution is 5.89. The van der Waals surface area contributed by atoms with Gasteiger partial charge in [0.25, 0.3) is 0 Å². The second kappa shape index (κ2) is 8.06. The van der Waals surface area contributed by atoms with Gasteiger partial charge in [0, 0.05) is 26.9 Å². The predicted octanol–water partition coefficient (Wildman–Crippen LogP) is 0.491. The molecule has 8 nitrogen and oxygen atoms in total. The van der Waals surface area contributed by atoms with Gasteiger partial charge in [0.15, 0.2) is 12.2 Å². The minimum Gasteiger partial charge on any atom is -0.461 e. The second-order valence-electron chi connectivity index (χ2n) is 6.90. The number of hydrogen-bond donors (Lipinski definition) is 1. The van der Waals surface area contributed by atoms with Crippen molar-refractivity contribution in [1.29, 1.82) is 0 Å². The largest absolute Gasteiger partial charge is 0.461 e. The Bertz CT molecular complexity index is 709. The molecule has 2 heterocycles. The van der Waals surface area contributed by atoms with Gasteiger partial charge in [-0.2, -0.15) is 0 Å². The van der Waals surface area contributed by atoms with Crippen molar-refractivity contribution in [3.05, 3.63) is 35.9 Å². The van der Waals surface area contributed by atoms with Gasteiger partial charge >= 0.3 is 17.9 Å². The molecule has 2 N–H and O–H groups in total. The topological polar surface area (TPSA) is 108 Å². The zero-order valence-electron chi connectivity index (χ0n) is 15.4. The van der Waals surface area contributed by atoms with Crippen LogP contribution in [0.2, 0.25) is 0 Å². The van der Waals surface area contributed by atoms with Gasteiger partial charge in [0.05, 0.1) is 17.6 Å². The maximum atomic E-state index is 12.5. The number of nitrogens with zero attached hydrogens (tertiary/aromatic N) is 1. The first kappa shape index (κ1) is 19.3. The number of carbonyl (C=O) groups excluding carboxylic acids is 3. The molecule has 0 aliphatic carbocycles. The SMILES string of the molecule is CC(=O)OC1CCN2C[C@H](N)[C@@H](OC(=O)c3ccccc3)[C@H](OC(C)=O)C12. The third kappa shape index (κ3) is 4.28. The maximum Gasteiger partial charge on any atom is 0.338 e. The molecule has 2 unspecified atom stereocenters. The average Bonchev–Trinajstić information content (AvgIpc) is 2.99. The molecule has 0 amide bonds. The molecule has 27 heavy (non-hydrogen) atoms. The summed E-state index contributed by atoms with van der Waals surface area (Å²) in [6.07, 6.45) is -1.49. The zero-order valence-corrected chi connectivity index (χ0v) is 15.4. The monoisotopic (exact) mass is 376 g/mol. The molecule has 0 radical (unpaired) electrons. The van der Waals surface area contributed by atoms with Crippen molar-refractivity contribution in [3.63, 3.8) is 0 Å². The molecule has 1 aromatic carbocycles.